The summed E-state index contributed by atoms with van der Waals surface area (Å²) in [6.45, 7) is 0. The molecule has 2 aliphatic rings. The second-order valence-corrected chi connectivity index (χ2v) is 9.45. The van der Waals surface area contributed by atoms with Gasteiger partial charge in [-0.2, -0.15) is 13.2 Å². The number of carboxylic acids is 1. The second kappa shape index (κ2) is 9.00. The number of alkyl halides is 3. The van der Waals surface area contributed by atoms with Crippen LogP contribution in [0.5, 0.6) is 0 Å². The Kier molecular flexibility index (Phi) is 6.68. The normalized spacial score (nSPS) is 16.7. The number of aliphatic carboxylic acids is 1. The summed E-state index contributed by atoms with van der Waals surface area (Å²) in [7, 11) is -3.78. The number of hydrogen-bond acceptors (Lipinski definition) is 4. The van der Waals surface area contributed by atoms with Crippen LogP contribution in [0.25, 0.3) is 0 Å². The number of rotatable bonds is 6. The first kappa shape index (κ1) is 24.5. The van der Waals surface area contributed by atoms with Gasteiger partial charge in [0.15, 0.2) is 0 Å². The van der Waals surface area contributed by atoms with Crippen LogP contribution in [0.4, 0.5) is 23.2 Å². The maximum Gasteiger partial charge on any atom is 0.490 e. The molecule has 0 aliphatic heterocycles. The van der Waals surface area contributed by atoms with Gasteiger partial charge in [0.05, 0.1) is 10.3 Å². The summed E-state index contributed by atoms with van der Waals surface area (Å²) in [5.74, 6) is -3.18. The Morgan fingerprint density at radius 2 is 1.48 bits per heavy atom. The summed E-state index contributed by atoms with van der Waals surface area (Å²) >= 11 is 0. The molecule has 12 heteroatoms. The lowest BCUT2D eigenvalue weighted by atomic mass is 9.95. The highest BCUT2D eigenvalue weighted by atomic mass is 32.2. The van der Waals surface area contributed by atoms with Crippen LogP contribution in [0.3, 0.4) is 0 Å². The molecule has 1 amide bonds. The van der Waals surface area contributed by atoms with Crippen LogP contribution in [0.1, 0.15) is 31.2 Å². The van der Waals surface area contributed by atoms with Crippen molar-refractivity contribution >= 4 is 27.6 Å². The first-order valence-electron chi connectivity index (χ1n) is 9.83. The molecule has 2 aliphatic carbocycles. The van der Waals surface area contributed by atoms with Crippen molar-refractivity contribution in [1.29, 1.82) is 0 Å². The highest BCUT2D eigenvalue weighted by Gasteiger charge is 2.52. The summed E-state index contributed by atoms with van der Waals surface area (Å²) < 4.78 is 71.9. The van der Waals surface area contributed by atoms with Crippen molar-refractivity contribution in [2.45, 2.75) is 48.2 Å². The molecule has 2 aromatic rings. The highest BCUT2D eigenvalue weighted by Crippen LogP contribution is 2.49. The quantitative estimate of drug-likeness (QED) is 0.539. The molecule has 2 aromatic carbocycles. The van der Waals surface area contributed by atoms with Crippen molar-refractivity contribution in [2.75, 3.05) is 4.72 Å². The maximum atomic E-state index is 13.0. The van der Waals surface area contributed by atoms with Gasteiger partial charge < -0.3 is 10.4 Å². The smallest absolute Gasteiger partial charge is 0.475 e. The fourth-order valence-electron chi connectivity index (χ4n) is 3.01. The fraction of sp³-hybridized carbons (Fsp3) is 0.333. The van der Waals surface area contributed by atoms with Gasteiger partial charge in [0.25, 0.3) is 10.0 Å². The van der Waals surface area contributed by atoms with Crippen molar-refractivity contribution in [2.24, 2.45) is 0 Å². The number of amides is 1. The molecule has 0 heterocycles. The maximum absolute atomic E-state index is 13.0. The number of benzene rings is 2. The summed E-state index contributed by atoms with van der Waals surface area (Å²) in [6, 6.07) is 11.9. The lowest BCUT2D eigenvalue weighted by molar-refractivity contribution is -0.192. The van der Waals surface area contributed by atoms with Gasteiger partial charge in [-0.15, -0.1) is 0 Å². The van der Waals surface area contributed by atoms with Crippen LogP contribution >= 0.6 is 0 Å². The summed E-state index contributed by atoms with van der Waals surface area (Å²) in [5, 5.41) is 10.2. The molecule has 0 aromatic heterocycles. The molecule has 0 bridgehead atoms. The first-order valence-corrected chi connectivity index (χ1v) is 11.3. The summed E-state index contributed by atoms with van der Waals surface area (Å²) in [4.78, 5) is 21.3. The standard InChI is InChI=1S/C19H19FN2O3S.C2HF3O2/c20-14-3-9-17(10-4-14)26(24,25)22-16-5-1-13(2-6-16)19(11-12-19)18(23)21-15-7-8-15;3-2(4,5)1(6)7/h1-6,9-10,15,22H,7-8,11-12H2,(H,21,23);(H,6,7). The minimum absolute atomic E-state index is 0.00884. The van der Waals surface area contributed by atoms with E-state index >= 15 is 0 Å². The van der Waals surface area contributed by atoms with Gasteiger partial charge in [0, 0.05) is 11.7 Å². The van der Waals surface area contributed by atoms with Gasteiger partial charge >= 0.3 is 12.1 Å². The van der Waals surface area contributed by atoms with Crippen LogP contribution in [0, 0.1) is 5.82 Å². The molecule has 3 N–H and O–H groups in total. The number of carbonyl (C=O) groups excluding carboxylic acids is 1. The summed E-state index contributed by atoms with van der Waals surface area (Å²) in [5.41, 5.74) is 0.841. The number of nitrogens with one attached hydrogen (secondary N) is 2. The Morgan fingerprint density at radius 1 is 0.970 bits per heavy atom. The molecule has 0 atom stereocenters. The van der Waals surface area contributed by atoms with E-state index in [-0.39, 0.29) is 10.8 Å². The van der Waals surface area contributed by atoms with E-state index in [4.69, 9.17) is 9.90 Å². The lowest BCUT2D eigenvalue weighted by Gasteiger charge is -2.16. The SMILES string of the molecule is O=C(NC1CC1)C1(c2ccc(NS(=O)(=O)c3ccc(F)cc3)cc2)CC1.O=C(O)C(F)(F)F. The number of sulfonamides is 1. The van der Waals surface area contributed by atoms with Gasteiger partial charge in [-0.3, -0.25) is 9.52 Å². The average Bonchev–Trinajstić information content (AvgIpc) is 3.64. The van der Waals surface area contributed by atoms with E-state index in [1.54, 1.807) is 24.3 Å². The van der Waals surface area contributed by atoms with Crippen LogP contribution in [-0.2, 0) is 25.0 Å². The molecule has 0 spiro atoms. The van der Waals surface area contributed by atoms with Gasteiger partial charge in [-0.25, -0.2) is 17.6 Å². The van der Waals surface area contributed by atoms with Gasteiger partial charge in [0.1, 0.15) is 5.82 Å². The lowest BCUT2D eigenvalue weighted by Crippen LogP contribution is -2.36. The molecular weight excluding hydrogens is 468 g/mol. The van der Waals surface area contributed by atoms with E-state index in [1.165, 1.54) is 12.1 Å². The Labute approximate surface area is 186 Å². The van der Waals surface area contributed by atoms with E-state index in [0.29, 0.717) is 11.7 Å². The molecule has 4 rings (SSSR count). The third-order valence-corrected chi connectivity index (χ3v) is 6.55. The molecule has 7 nitrogen and oxygen atoms in total. The minimum Gasteiger partial charge on any atom is -0.475 e. The predicted octanol–water partition coefficient (Wildman–Crippen LogP) is 3.57. The van der Waals surface area contributed by atoms with E-state index < -0.39 is 33.4 Å². The van der Waals surface area contributed by atoms with E-state index in [2.05, 4.69) is 10.0 Å². The highest BCUT2D eigenvalue weighted by molar-refractivity contribution is 7.92. The van der Waals surface area contributed by atoms with E-state index in [0.717, 1.165) is 43.4 Å². The van der Waals surface area contributed by atoms with Crippen molar-refractivity contribution in [1.82, 2.24) is 5.32 Å². The number of hydrogen-bond donors (Lipinski definition) is 3. The molecule has 0 unspecified atom stereocenters. The van der Waals surface area contributed by atoms with Crippen molar-refractivity contribution in [3.63, 3.8) is 0 Å². The van der Waals surface area contributed by atoms with Crippen LogP contribution in [0.2, 0.25) is 0 Å². The fourth-order valence-corrected chi connectivity index (χ4v) is 4.07. The van der Waals surface area contributed by atoms with Gasteiger partial charge in [-0.1, -0.05) is 12.1 Å². The van der Waals surface area contributed by atoms with Crippen molar-refractivity contribution in [3.8, 4) is 0 Å². The zero-order chi connectivity index (χ0) is 24.4. The molecule has 2 saturated carbocycles. The zero-order valence-electron chi connectivity index (χ0n) is 17.0. The Hall–Kier alpha value is -3.15. The largest absolute Gasteiger partial charge is 0.490 e. The average molecular weight is 488 g/mol. The zero-order valence-corrected chi connectivity index (χ0v) is 17.8. The Bertz CT molecular complexity index is 1120. The van der Waals surface area contributed by atoms with E-state index in [9.17, 15) is 30.8 Å². The number of carbonyl (C=O) groups is 2. The van der Waals surface area contributed by atoms with Crippen molar-refractivity contribution < 1.29 is 40.7 Å². The third-order valence-electron chi connectivity index (χ3n) is 5.15. The molecule has 33 heavy (non-hydrogen) atoms. The third kappa shape index (κ3) is 6.21. The van der Waals surface area contributed by atoms with E-state index in [1.807, 2.05) is 0 Å². The van der Waals surface area contributed by atoms with Gasteiger partial charge in [-0.05, 0) is 67.6 Å². The van der Waals surface area contributed by atoms with Gasteiger partial charge in [0.2, 0.25) is 5.91 Å². The molecule has 178 valence electrons. The molecule has 0 radical (unpaired) electrons. The number of anilines is 1. The number of halogens is 4. The second-order valence-electron chi connectivity index (χ2n) is 7.77. The van der Waals surface area contributed by atoms with Crippen molar-refractivity contribution in [3.05, 3.63) is 59.9 Å². The molecular formula is C21H20F4N2O5S. The Morgan fingerprint density at radius 3 is 1.91 bits per heavy atom. The predicted molar refractivity (Wildman–Crippen MR) is 109 cm³/mol. The minimum atomic E-state index is -5.08. The summed E-state index contributed by atoms with van der Waals surface area (Å²) in [6.07, 6.45) is -1.36. The number of carboxylic acid groups (broad SMARTS) is 1. The van der Waals surface area contributed by atoms with Crippen LogP contribution in [0.15, 0.2) is 53.4 Å². The first-order chi connectivity index (χ1) is 15.3. The molecule has 0 saturated heterocycles. The van der Waals surface area contributed by atoms with Crippen LogP contribution < -0.4 is 10.0 Å². The monoisotopic (exact) mass is 488 g/mol. The topological polar surface area (TPSA) is 113 Å². The van der Waals surface area contributed by atoms with Crippen LogP contribution in [-0.4, -0.2) is 37.6 Å². The molecule has 2 fully saturated rings. The Balaban J connectivity index is 0.000000383.